The quantitative estimate of drug-likeness (QED) is 0.610. The minimum Gasteiger partial charge on any atom is -0.299 e. The van der Waals surface area contributed by atoms with Crippen LogP contribution in [0.15, 0.2) is 48.5 Å². The average Bonchev–Trinajstić information content (AvgIpc) is 2.28. The molecule has 2 aromatic carbocycles. The van der Waals surface area contributed by atoms with Gasteiger partial charge in [-0.1, -0.05) is 24.3 Å². The third-order valence-corrected chi connectivity index (χ3v) is 4.11. The summed E-state index contributed by atoms with van der Waals surface area (Å²) >= 11 is 4.55. The van der Waals surface area contributed by atoms with Gasteiger partial charge < -0.3 is 0 Å². The van der Waals surface area contributed by atoms with Gasteiger partial charge in [0.25, 0.3) is 0 Å². The summed E-state index contributed by atoms with van der Waals surface area (Å²) in [5.74, 6) is 0.0217. The lowest BCUT2D eigenvalue weighted by atomic mass is 9.88. The normalized spacial score (nSPS) is 10.7. The van der Waals surface area contributed by atoms with Gasteiger partial charge in [-0.05, 0) is 87.5 Å². The molecule has 0 saturated heterocycles. The van der Waals surface area contributed by atoms with E-state index in [1.807, 2.05) is 36.4 Å². The molecular weight excluding hydrogens is 450 g/mol. The number of ketones is 1. The van der Waals surface area contributed by atoms with E-state index in [-0.39, 0.29) is 11.7 Å². The molecule has 0 N–H and O–H groups in total. The molecule has 3 heteroatoms. The Labute approximate surface area is 134 Å². The van der Waals surface area contributed by atoms with Gasteiger partial charge in [-0.25, -0.2) is 0 Å². The Morgan fingerprint density at radius 1 is 0.944 bits per heavy atom. The summed E-state index contributed by atoms with van der Waals surface area (Å²) in [6, 6.07) is 16.3. The van der Waals surface area contributed by atoms with Crippen molar-refractivity contribution in [3.63, 3.8) is 0 Å². The Balaban J connectivity index is 2.50. The van der Waals surface area contributed by atoms with Crippen molar-refractivity contribution < 1.29 is 4.79 Å². The van der Waals surface area contributed by atoms with Crippen LogP contribution in [0, 0.1) is 7.14 Å². The highest BCUT2D eigenvalue weighted by atomic mass is 127. The van der Waals surface area contributed by atoms with E-state index in [4.69, 9.17) is 0 Å². The van der Waals surface area contributed by atoms with Crippen LogP contribution in [0.5, 0.6) is 0 Å². The molecule has 0 unspecified atom stereocenters. The van der Waals surface area contributed by atoms with Crippen LogP contribution in [0.1, 0.15) is 24.0 Å². The van der Waals surface area contributed by atoms with Gasteiger partial charge in [0.05, 0.1) is 5.92 Å². The van der Waals surface area contributed by atoms with Crippen molar-refractivity contribution in [2.45, 2.75) is 12.8 Å². The van der Waals surface area contributed by atoms with Gasteiger partial charge in [0.1, 0.15) is 5.78 Å². The number of hydrogen-bond donors (Lipinski definition) is 0. The first-order chi connectivity index (χ1) is 8.58. The third-order valence-electron chi connectivity index (χ3n) is 2.77. The first-order valence-corrected chi connectivity index (χ1v) is 7.75. The molecule has 0 aliphatic carbocycles. The van der Waals surface area contributed by atoms with E-state index in [9.17, 15) is 4.79 Å². The van der Waals surface area contributed by atoms with Crippen molar-refractivity contribution in [2.24, 2.45) is 0 Å². The van der Waals surface area contributed by atoms with Crippen LogP contribution in [0.2, 0.25) is 0 Å². The van der Waals surface area contributed by atoms with E-state index in [2.05, 4.69) is 57.3 Å². The van der Waals surface area contributed by atoms with E-state index in [0.717, 1.165) is 18.3 Å². The fourth-order valence-corrected chi connectivity index (χ4v) is 3.17. The molecule has 0 fully saturated rings. The van der Waals surface area contributed by atoms with Crippen molar-refractivity contribution in [1.29, 1.82) is 0 Å². The van der Waals surface area contributed by atoms with Crippen molar-refractivity contribution in [3.8, 4) is 0 Å². The number of halogens is 2. The third kappa shape index (κ3) is 3.32. The minimum absolute atomic E-state index is 0.158. The lowest BCUT2D eigenvalue weighted by Crippen LogP contribution is -2.10. The maximum absolute atomic E-state index is 12.0. The lowest BCUT2D eigenvalue weighted by molar-refractivity contribution is -0.117. The van der Waals surface area contributed by atoms with Gasteiger partial charge in [0.2, 0.25) is 0 Å². The van der Waals surface area contributed by atoms with E-state index in [0.29, 0.717) is 0 Å². The Hall–Kier alpha value is -0.430. The van der Waals surface area contributed by atoms with E-state index in [1.54, 1.807) is 6.92 Å². The SMILES string of the molecule is CC(=O)C(c1cccc(I)c1)c1cccc(I)c1. The van der Waals surface area contributed by atoms with E-state index >= 15 is 0 Å². The molecule has 18 heavy (non-hydrogen) atoms. The molecule has 0 amide bonds. The van der Waals surface area contributed by atoms with Gasteiger partial charge in [0, 0.05) is 7.14 Å². The van der Waals surface area contributed by atoms with Gasteiger partial charge in [0.15, 0.2) is 0 Å². The first kappa shape index (κ1) is 14.0. The molecule has 2 aromatic rings. The summed E-state index contributed by atoms with van der Waals surface area (Å²) < 4.78 is 2.31. The van der Waals surface area contributed by atoms with Gasteiger partial charge in [-0.3, -0.25) is 4.79 Å². The molecule has 0 aliphatic heterocycles. The predicted octanol–water partition coefficient (Wildman–Crippen LogP) is 4.62. The van der Waals surface area contributed by atoms with Crippen LogP contribution in [0.4, 0.5) is 0 Å². The van der Waals surface area contributed by atoms with Gasteiger partial charge in [-0.2, -0.15) is 0 Å². The predicted molar refractivity (Wildman–Crippen MR) is 90.8 cm³/mol. The molecular formula is C15H12I2O. The van der Waals surface area contributed by atoms with Crippen LogP contribution in [0.25, 0.3) is 0 Å². The Morgan fingerprint density at radius 2 is 1.39 bits per heavy atom. The Bertz CT molecular complexity index is 533. The zero-order valence-electron chi connectivity index (χ0n) is 9.86. The summed E-state index contributed by atoms with van der Waals surface area (Å²) in [7, 11) is 0. The summed E-state index contributed by atoms with van der Waals surface area (Å²) in [6.07, 6.45) is 0. The molecule has 0 heterocycles. The van der Waals surface area contributed by atoms with Crippen LogP contribution >= 0.6 is 45.2 Å². The highest BCUT2D eigenvalue weighted by Gasteiger charge is 2.19. The Morgan fingerprint density at radius 3 is 1.72 bits per heavy atom. The summed E-state index contributed by atoms with van der Waals surface area (Å²) in [5.41, 5.74) is 2.13. The largest absolute Gasteiger partial charge is 0.299 e. The molecule has 92 valence electrons. The molecule has 0 radical (unpaired) electrons. The molecule has 0 saturated carbocycles. The van der Waals surface area contributed by atoms with Crippen LogP contribution in [0.3, 0.4) is 0 Å². The second kappa shape index (κ2) is 6.14. The number of benzene rings is 2. The topological polar surface area (TPSA) is 17.1 Å². The average molecular weight is 462 g/mol. The molecule has 0 atom stereocenters. The standard InChI is InChI=1S/C15H12I2O/c1-10(18)15(11-4-2-6-13(16)8-11)12-5-3-7-14(17)9-12/h2-9,15H,1H3. The van der Waals surface area contributed by atoms with Gasteiger partial charge >= 0.3 is 0 Å². The molecule has 0 bridgehead atoms. The van der Waals surface area contributed by atoms with Crippen LogP contribution in [-0.2, 0) is 4.79 Å². The second-order valence-electron chi connectivity index (χ2n) is 4.15. The van der Waals surface area contributed by atoms with Crippen molar-refractivity contribution in [3.05, 3.63) is 66.8 Å². The number of Topliss-reactive ketones (excluding diaryl/α,β-unsaturated/α-hetero) is 1. The zero-order valence-corrected chi connectivity index (χ0v) is 14.2. The molecule has 0 aromatic heterocycles. The molecule has 0 aliphatic rings. The number of carbonyl (C=O) groups excluding carboxylic acids is 1. The van der Waals surface area contributed by atoms with E-state index < -0.39 is 0 Å². The zero-order chi connectivity index (χ0) is 13.1. The van der Waals surface area contributed by atoms with Crippen LogP contribution < -0.4 is 0 Å². The lowest BCUT2D eigenvalue weighted by Gasteiger charge is -2.15. The Kier molecular flexibility index (Phi) is 4.77. The number of hydrogen-bond acceptors (Lipinski definition) is 1. The summed E-state index contributed by atoms with van der Waals surface area (Å²) in [6.45, 7) is 1.66. The molecule has 1 nitrogen and oxygen atoms in total. The number of rotatable bonds is 3. The van der Waals surface area contributed by atoms with Crippen molar-refractivity contribution in [2.75, 3.05) is 0 Å². The molecule has 0 spiro atoms. The summed E-state index contributed by atoms with van der Waals surface area (Å²) in [4.78, 5) is 12.0. The van der Waals surface area contributed by atoms with E-state index in [1.165, 1.54) is 0 Å². The number of carbonyl (C=O) groups is 1. The summed E-state index contributed by atoms with van der Waals surface area (Å²) in [5, 5.41) is 0. The minimum atomic E-state index is -0.158. The van der Waals surface area contributed by atoms with Crippen molar-refractivity contribution >= 4 is 51.0 Å². The second-order valence-corrected chi connectivity index (χ2v) is 6.64. The first-order valence-electron chi connectivity index (χ1n) is 5.59. The monoisotopic (exact) mass is 462 g/mol. The fourth-order valence-electron chi connectivity index (χ4n) is 2.03. The molecule has 2 rings (SSSR count). The fraction of sp³-hybridized carbons (Fsp3) is 0.133. The smallest absolute Gasteiger partial charge is 0.141 e. The van der Waals surface area contributed by atoms with Gasteiger partial charge in [-0.15, -0.1) is 0 Å². The maximum Gasteiger partial charge on any atom is 0.141 e. The van der Waals surface area contributed by atoms with Crippen LogP contribution in [-0.4, -0.2) is 5.78 Å². The highest BCUT2D eigenvalue weighted by molar-refractivity contribution is 14.1. The maximum atomic E-state index is 12.0. The highest BCUT2D eigenvalue weighted by Crippen LogP contribution is 2.27. The van der Waals surface area contributed by atoms with Crippen molar-refractivity contribution in [1.82, 2.24) is 0 Å².